The molecule has 0 bridgehead atoms. The van der Waals surface area contributed by atoms with Gasteiger partial charge in [0, 0.05) is 91.9 Å². The van der Waals surface area contributed by atoms with Crippen molar-refractivity contribution in [3.05, 3.63) is 224 Å². The Morgan fingerprint density at radius 1 is 0.209 bits per heavy atom. The lowest BCUT2D eigenvalue weighted by atomic mass is 9.99. The standard InChI is InChI=1S/C78H37N3O5/c1-2-12-40(13-3-1)79-53-18-8-4-16-49(53)65-58(79)36-51-66-54(80-56-32-28-46-42-15-6-10-20-60(42)84-77(46)69(56)71(65)73(51)80)31-27-47-43-24-22-38(34-62(43)85-76(47)66)39-23-25-44-48-29-33-57-70(78(48)86-63(44)35-39)72-68-50-17-7-11-21-61(50)82-64(68)37-52-67-55(81(57)74(52)72)30-26-45-41-14-5-9-19-59(41)83-75(45)67/h1-37H. The van der Waals surface area contributed by atoms with E-state index in [1.807, 2.05) is 12.1 Å². The zero-order valence-electron chi connectivity index (χ0n) is 45.2. The highest BCUT2D eigenvalue weighted by molar-refractivity contribution is 6.43. The second kappa shape index (κ2) is 14.5. The lowest BCUT2D eigenvalue weighted by molar-refractivity contribution is 0.669. The summed E-state index contributed by atoms with van der Waals surface area (Å²) in [5, 5.41) is 22.2. The Bertz CT molecular complexity index is 7070. The summed E-state index contributed by atoms with van der Waals surface area (Å²) in [6, 6.07) is 80.6. The molecule has 13 aromatic carbocycles. The van der Waals surface area contributed by atoms with E-state index in [2.05, 4.69) is 226 Å². The summed E-state index contributed by atoms with van der Waals surface area (Å²) < 4.78 is 42.3. The van der Waals surface area contributed by atoms with Crippen molar-refractivity contribution < 1.29 is 22.1 Å². The van der Waals surface area contributed by atoms with Gasteiger partial charge >= 0.3 is 0 Å². The molecule has 0 amide bonds. The minimum absolute atomic E-state index is 0.820. The van der Waals surface area contributed by atoms with Crippen molar-refractivity contribution in [3.8, 4) is 16.8 Å². The predicted molar refractivity (Wildman–Crippen MR) is 352 cm³/mol. The van der Waals surface area contributed by atoms with Gasteiger partial charge < -0.3 is 35.5 Å². The van der Waals surface area contributed by atoms with E-state index in [4.69, 9.17) is 22.1 Å². The van der Waals surface area contributed by atoms with Crippen LogP contribution >= 0.6 is 0 Å². The normalized spacial score (nSPS) is 13.1. The van der Waals surface area contributed by atoms with Crippen molar-refractivity contribution in [2.24, 2.45) is 0 Å². The van der Waals surface area contributed by atoms with Gasteiger partial charge in [0.15, 0.2) is 0 Å². The quantitative estimate of drug-likeness (QED) is 0.172. The third kappa shape index (κ3) is 4.88. The Labute approximate surface area is 481 Å². The number of furan rings is 5. The molecule has 0 atom stereocenters. The second-order valence-corrected chi connectivity index (χ2v) is 23.7. The van der Waals surface area contributed by atoms with Gasteiger partial charge in [0.05, 0.1) is 65.7 Å². The zero-order chi connectivity index (χ0) is 55.1. The minimum atomic E-state index is 0.820. The summed E-state index contributed by atoms with van der Waals surface area (Å²) >= 11 is 0. The van der Waals surface area contributed by atoms with Crippen LogP contribution in [0.25, 0.3) is 225 Å². The van der Waals surface area contributed by atoms with Gasteiger partial charge in [-0.15, -0.1) is 0 Å². The van der Waals surface area contributed by atoms with E-state index >= 15 is 0 Å². The van der Waals surface area contributed by atoms with Crippen LogP contribution in [0.15, 0.2) is 247 Å². The second-order valence-electron chi connectivity index (χ2n) is 23.7. The Morgan fingerprint density at radius 2 is 0.628 bits per heavy atom. The van der Waals surface area contributed by atoms with Crippen LogP contribution in [-0.4, -0.2) is 13.4 Å². The van der Waals surface area contributed by atoms with E-state index in [0.29, 0.717) is 0 Å². The molecule has 86 heavy (non-hydrogen) atoms. The third-order valence-electron chi connectivity index (χ3n) is 19.7. The maximum atomic E-state index is 7.28. The van der Waals surface area contributed by atoms with Crippen molar-refractivity contribution in [1.29, 1.82) is 0 Å². The Balaban J connectivity index is 0.757. The molecule has 0 saturated carbocycles. The highest BCUT2D eigenvalue weighted by Gasteiger charge is 2.31. The van der Waals surface area contributed by atoms with Crippen LogP contribution in [0.4, 0.5) is 0 Å². The monoisotopic (exact) mass is 1100 g/mol. The van der Waals surface area contributed by atoms with E-state index < -0.39 is 0 Å². The molecule has 8 heteroatoms. The fourth-order valence-corrected chi connectivity index (χ4v) is 16.2. The summed E-state index contributed by atoms with van der Waals surface area (Å²) in [6.45, 7) is 0. The van der Waals surface area contributed by atoms with Gasteiger partial charge in [-0.25, -0.2) is 0 Å². The number of nitrogens with zero attached hydrogens (tertiary/aromatic N) is 3. The first-order chi connectivity index (χ1) is 42.7. The van der Waals surface area contributed by atoms with Gasteiger partial charge in [-0.1, -0.05) is 103 Å². The van der Waals surface area contributed by atoms with Gasteiger partial charge in [0.25, 0.3) is 0 Å². The Kier molecular flexibility index (Phi) is 7.27. The maximum Gasteiger partial charge on any atom is 0.145 e. The number of hydrogen-bond acceptors (Lipinski definition) is 5. The summed E-state index contributed by atoms with van der Waals surface area (Å²) in [4.78, 5) is 0. The number of benzene rings is 13. The largest absolute Gasteiger partial charge is 0.456 e. The molecule has 8 nitrogen and oxygen atoms in total. The zero-order valence-corrected chi connectivity index (χ0v) is 45.2. The topological polar surface area (TPSA) is 79.5 Å². The fourth-order valence-electron chi connectivity index (χ4n) is 16.2. The number of para-hydroxylation sites is 5. The summed E-state index contributed by atoms with van der Waals surface area (Å²) in [7, 11) is 0. The van der Waals surface area contributed by atoms with Gasteiger partial charge in [-0.2, -0.15) is 0 Å². The number of fused-ring (bicyclic) bond motifs is 36. The highest BCUT2D eigenvalue weighted by Crippen LogP contribution is 2.54. The first-order valence-corrected chi connectivity index (χ1v) is 29.3. The molecule has 23 rings (SSSR count). The molecule has 0 fully saturated rings. The SMILES string of the molecule is c1ccc(-n2c3ccccc3c3c4c5c6oc7ccccc7c6ccc5n5c6ccc7c8ccc(-c9ccc%10c(c9)oc9c%10ccc%10c9c9c%11c(cc%12c%13c%14oc%15ccccc%15c%14ccc%13n%10c%129)oc9ccccc9%11)cc8oc7c6c(cc32)c45)cc1. The average molecular weight is 1100 g/mol. The van der Waals surface area contributed by atoms with Gasteiger partial charge in [0.1, 0.15) is 55.8 Å². The molecule has 0 spiro atoms. The van der Waals surface area contributed by atoms with Crippen LogP contribution in [0.3, 0.4) is 0 Å². The number of hydrogen-bond donors (Lipinski definition) is 0. The molecule has 394 valence electrons. The fraction of sp³-hybridized carbons (Fsp3) is 0. The van der Waals surface area contributed by atoms with E-state index in [-0.39, 0.29) is 0 Å². The summed E-state index contributed by atoms with van der Waals surface area (Å²) in [5.74, 6) is 0. The first-order valence-electron chi connectivity index (χ1n) is 29.3. The van der Waals surface area contributed by atoms with Gasteiger partial charge in [-0.3, -0.25) is 0 Å². The molecule has 0 N–H and O–H groups in total. The van der Waals surface area contributed by atoms with Gasteiger partial charge in [0.2, 0.25) is 0 Å². The van der Waals surface area contributed by atoms with E-state index in [1.165, 1.54) is 16.2 Å². The molecule has 23 aromatic rings. The summed E-state index contributed by atoms with van der Waals surface area (Å²) in [5.41, 5.74) is 20.7. The van der Waals surface area contributed by atoms with Crippen molar-refractivity contribution in [2.45, 2.75) is 0 Å². The van der Waals surface area contributed by atoms with Crippen molar-refractivity contribution >= 4 is 208 Å². The molecule has 0 radical (unpaired) electrons. The van der Waals surface area contributed by atoms with Crippen LogP contribution in [0.1, 0.15) is 0 Å². The first kappa shape index (κ1) is 43.0. The van der Waals surface area contributed by atoms with Crippen molar-refractivity contribution in [1.82, 2.24) is 13.4 Å². The Hall–Kier alpha value is -11.7. The van der Waals surface area contributed by atoms with Crippen LogP contribution in [-0.2, 0) is 0 Å². The van der Waals surface area contributed by atoms with Crippen LogP contribution in [0.5, 0.6) is 0 Å². The van der Waals surface area contributed by atoms with Crippen molar-refractivity contribution in [3.63, 3.8) is 0 Å². The van der Waals surface area contributed by atoms with E-state index in [9.17, 15) is 0 Å². The number of aromatic nitrogens is 3. The van der Waals surface area contributed by atoms with E-state index in [0.717, 1.165) is 208 Å². The van der Waals surface area contributed by atoms with Crippen molar-refractivity contribution in [2.75, 3.05) is 0 Å². The molecule has 0 saturated heterocycles. The predicted octanol–water partition coefficient (Wildman–Crippen LogP) is 22.2. The summed E-state index contributed by atoms with van der Waals surface area (Å²) in [6.07, 6.45) is 0. The van der Waals surface area contributed by atoms with Gasteiger partial charge in [-0.05, 0) is 132 Å². The number of rotatable bonds is 2. The Morgan fingerprint density at radius 3 is 1.20 bits per heavy atom. The molecular weight excluding hydrogens is 1060 g/mol. The van der Waals surface area contributed by atoms with E-state index in [1.54, 1.807) is 0 Å². The molecule has 0 aliphatic carbocycles. The molecule has 0 unspecified atom stereocenters. The van der Waals surface area contributed by atoms with Crippen LogP contribution in [0, 0.1) is 0 Å². The molecule has 10 heterocycles. The molecule has 10 aromatic heterocycles. The third-order valence-corrected chi connectivity index (χ3v) is 19.7. The lowest BCUT2D eigenvalue weighted by Gasteiger charge is -2.08. The maximum absolute atomic E-state index is 7.28. The average Bonchev–Trinajstić information content (AvgIpc) is 1.54. The smallest absolute Gasteiger partial charge is 0.145 e. The minimum Gasteiger partial charge on any atom is -0.456 e. The highest BCUT2D eigenvalue weighted by atomic mass is 16.3. The molecule has 0 aliphatic heterocycles. The molecular formula is C78H37N3O5. The van der Waals surface area contributed by atoms with Crippen LogP contribution in [0.2, 0.25) is 0 Å². The lowest BCUT2D eigenvalue weighted by Crippen LogP contribution is -1.92. The molecule has 0 aliphatic rings. The van der Waals surface area contributed by atoms with Crippen LogP contribution < -0.4 is 0 Å².